The Labute approximate surface area is 158 Å². The van der Waals surface area contributed by atoms with Crippen LogP contribution in [0, 0.1) is 0 Å². The van der Waals surface area contributed by atoms with E-state index in [0.717, 1.165) is 24.9 Å². The van der Waals surface area contributed by atoms with Crippen molar-refractivity contribution in [2.75, 3.05) is 25.0 Å². The smallest absolute Gasteiger partial charge is 0.254 e. The van der Waals surface area contributed by atoms with Crippen molar-refractivity contribution in [3.05, 3.63) is 51.8 Å². The SMILES string of the molecule is CCCCN(C)c1ncc(C(=O)NCCc2ccc(Cl)cc2Cl)cn1. The first-order valence-electron chi connectivity index (χ1n) is 8.26. The largest absolute Gasteiger partial charge is 0.352 e. The van der Waals surface area contributed by atoms with Crippen LogP contribution in [0.15, 0.2) is 30.6 Å². The number of nitrogens with one attached hydrogen (secondary N) is 1. The summed E-state index contributed by atoms with van der Waals surface area (Å²) in [5, 5.41) is 4.05. The predicted molar refractivity (Wildman–Crippen MR) is 103 cm³/mol. The van der Waals surface area contributed by atoms with Gasteiger partial charge in [0.15, 0.2) is 0 Å². The molecule has 0 aliphatic rings. The van der Waals surface area contributed by atoms with Crippen molar-refractivity contribution in [3.63, 3.8) is 0 Å². The summed E-state index contributed by atoms with van der Waals surface area (Å²) in [7, 11) is 1.95. The highest BCUT2D eigenvalue weighted by Crippen LogP contribution is 2.21. The molecule has 0 fully saturated rings. The fraction of sp³-hybridized carbons (Fsp3) is 0.389. The first-order valence-corrected chi connectivity index (χ1v) is 9.02. The highest BCUT2D eigenvalue weighted by Gasteiger charge is 2.09. The lowest BCUT2D eigenvalue weighted by atomic mass is 10.1. The molecule has 0 aliphatic heterocycles. The summed E-state index contributed by atoms with van der Waals surface area (Å²) in [6.07, 6.45) is 5.92. The Kier molecular flexibility index (Phi) is 7.47. The number of nitrogens with zero attached hydrogens (tertiary/aromatic N) is 3. The number of rotatable bonds is 8. The van der Waals surface area contributed by atoms with Gasteiger partial charge in [0.25, 0.3) is 5.91 Å². The van der Waals surface area contributed by atoms with Crippen molar-refractivity contribution < 1.29 is 4.79 Å². The van der Waals surface area contributed by atoms with E-state index in [1.54, 1.807) is 24.5 Å². The molecule has 0 aliphatic carbocycles. The predicted octanol–water partition coefficient (Wildman–Crippen LogP) is 3.99. The van der Waals surface area contributed by atoms with Crippen molar-refractivity contribution in [1.29, 1.82) is 0 Å². The molecule has 5 nitrogen and oxygen atoms in total. The molecule has 2 aromatic rings. The van der Waals surface area contributed by atoms with Crippen LogP contribution in [0.2, 0.25) is 10.0 Å². The van der Waals surface area contributed by atoms with Crippen molar-refractivity contribution in [2.45, 2.75) is 26.2 Å². The van der Waals surface area contributed by atoms with E-state index in [1.807, 2.05) is 18.0 Å². The second kappa shape index (κ2) is 9.59. The average molecular weight is 381 g/mol. The lowest BCUT2D eigenvalue weighted by molar-refractivity contribution is 0.0953. The van der Waals surface area contributed by atoms with E-state index < -0.39 is 0 Å². The number of amides is 1. The summed E-state index contributed by atoms with van der Waals surface area (Å²) in [6.45, 7) is 3.50. The Bertz CT molecular complexity index is 707. The number of aromatic nitrogens is 2. The fourth-order valence-corrected chi connectivity index (χ4v) is 2.77. The van der Waals surface area contributed by atoms with E-state index in [9.17, 15) is 4.79 Å². The standard InChI is InChI=1S/C18H22Cl2N4O/c1-3-4-9-24(2)18-22-11-14(12-23-18)17(25)21-8-7-13-5-6-15(19)10-16(13)20/h5-6,10-12H,3-4,7-9H2,1-2H3,(H,21,25). The van der Waals surface area contributed by atoms with Crippen molar-refractivity contribution in [3.8, 4) is 0 Å². The monoisotopic (exact) mass is 380 g/mol. The second-order valence-electron chi connectivity index (χ2n) is 5.79. The molecule has 0 radical (unpaired) electrons. The van der Waals surface area contributed by atoms with Gasteiger partial charge in [0.2, 0.25) is 5.95 Å². The minimum absolute atomic E-state index is 0.201. The zero-order valence-electron chi connectivity index (χ0n) is 14.4. The molecule has 0 atom stereocenters. The van der Waals surface area contributed by atoms with Gasteiger partial charge in [0, 0.05) is 42.6 Å². The third kappa shape index (κ3) is 5.87. The summed E-state index contributed by atoms with van der Waals surface area (Å²) in [5.74, 6) is 0.422. The maximum atomic E-state index is 12.2. The molecule has 0 unspecified atom stereocenters. The van der Waals surface area contributed by atoms with Gasteiger partial charge >= 0.3 is 0 Å². The van der Waals surface area contributed by atoms with Crippen molar-refractivity contribution in [1.82, 2.24) is 15.3 Å². The zero-order valence-corrected chi connectivity index (χ0v) is 15.9. The third-order valence-corrected chi connectivity index (χ3v) is 4.37. The Morgan fingerprint density at radius 1 is 1.24 bits per heavy atom. The molecule has 1 N–H and O–H groups in total. The number of halogens is 2. The highest BCUT2D eigenvalue weighted by molar-refractivity contribution is 6.35. The molecule has 1 aromatic carbocycles. The Morgan fingerprint density at radius 2 is 1.96 bits per heavy atom. The van der Waals surface area contributed by atoms with E-state index in [4.69, 9.17) is 23.2 Å². The maximum absolute atomic E-state index is 12.2. The molecular weight excluding hydrogens is 359 g/mol. The Hall–Kier alpha value is -1.85. The van der Waals surface area contributed by atoms with Crippen LogP contribution < -0.4 is 10.2 Å². The Balaban J connectivity index is 1.86. The molecule has 134 valence electrons. The summed E-state index contributed by atoms with van der Waals surface area (Å²) in [6, 6.07) is 5.34. The summed E-state index contributed by atoms with van der Waals surface area (Å²) < 4.78 is 0. The Morgan fingerprint density at radius 3 is 2.60 bits per heavy atom. The summed E-state index contributed by atoms with van der Waals surface area (Å²) in [4.78, 5) is 22.7. The normalized spacial score (nSPS) is 10.6. The van der Waals surface area contributed by atoms with Gasteiger partial charge in [0.1, 0.15) is 0 Å². The molecule has 1 amide bonds. The van der Waals surface area contributed by atoms with Crippen molar-refractivity contribution >= 4 is 35.1 Å². The van der Waals surface area contributed by atoms with Crippen LogP contribution in [0.25, 0.3) is 0 Å². The molecule has 0 spiro atoms. The van der Waals surface area contributed by atoms with Crippen molar-refractivity contribution in [2.24, 2.45) is 0 Å². The van der Waals surface area contributed by atoms with Gasteiger partial charge in [-0.3, -0.25) is 4.79 Å². The minimum atomic E-state index is -0.201. The fourth-order valence-electron chi connectivity index (χ4n) is 2.27. The number of carbonyl (C=O) groups is 1. The van der Waals surface area contributed by atoms with Gasteiger partial charge in [0.05, 0.1) is 5.56 Å². The first-order chi connectivity index (χ1) is 12.0. The van der Waals surface area contributed by atoms with Crippen LogP contribution in [0.4, 0.5) is 5.95 Å². The van der Waals surface area contributed by atoms with E-state index in [-0.39, 0.29) is 5.91 Å². The molecule has 1 aromatic heterocycles. The topological polar surface area (TPSA) is 58.1 Å². The van der Waals surface area contributed by atoms with Gasteiger partial charge in [-0.1, -0.05) is 42.6 Å². The molecule has 2 rings (SSSR count). The highest BCUT2D eigenvalue weighted by atomic mass is 35.5. The number of benzene rings is 1. The maximum Gasteiger partial charge on any atom is 0.254 e. The number of carbonyl (C=O) groups excluding carboxylic acids is 1. The van der Waals surface area contributed by atoms with Gasteiger partial charge in [-0.25, -0.2) is 9.97 Å². The van der Waals surface area contributed by atoms with Crippen LogP contribution in [0.3, 0.4) is 0 Å². The van der Waals surface area contributed by atoms with Gasteiger partial charge in [-0.15, -0.1) is 0 Å². The molecule has 0 saturated carbocycles. The van der Waals surface area contributed by atoms with Crippen LogP contribution in [-0.2, 0) is 6.42 Å². The number of anilines is 1. The second-order valence-corrected chi connectivity index (χ2v) is 6.63. The van der Waals surface area contributed by atoms with E-state index in [2.05, 4.69) is 22.2 Å². The molecule has 1 heterocycles. The quantitative estimate of drug-likeness (QED) is 0.751. The third-order valence-electron chi connectivity index (χ3n) is 3.78. The molecule has 25 heavy (non-hydrogen) atoms. The van der Waals surface area contributed by atoms with Gasteiger partial charge < -0.3 is 10.2 Å². The number of hydrogen-bond acceptors (Lipinski definition) is 4. The molecule has 0 bridgehead atoms. The van der Waals surface area contributed by atoms with Crippen LogP contribution in [0.1, 0.15) is 35.7 Å². The number of hydrogen-bond donors (Lipinski definition) is 1. The molecular formula is C18H22Cl2N4O. The van der Waals surface area contributed by atoms with Crippen LogP contribution >= 0.6 is 23.2 Å². The lowest BCUT2D eigenvalue weighted by Gasteiger charge is -2.16. The van der Waals surface area contributed by atoms with Gasteiger partial charge in [-0.2, -0.15) is 0 Å². The van der Waals surface area contributed by atoms with Crippen LogP contribution in [-0.4, -0.2) is 36.0 Å². The van der Waals surface area contributed by atoms with Gasteiger partial charge in [-0.05, 0) is 30.5 Å². The molecule has 0 saturated heterocycles. The molecule has 7 heteroatoms. The summed E-state index contributed by atoms with van der Waals surface area (Å²) >= 11 is 12.0. The lowest BCUT2D eigenvalue weighted by Crippen LogP contribution is -2.26. The van der Waals surface area contributed by atoms with E-state index in [0.29, 0.717) is 34.5 Å². The van der Waals surface area contributed by atoms with E-state index >= 15 is 0 Å². The van der Waals surface area contributed by atoms with Crippen LogP contribution in [0.5, 0.6) is 0 Å². The number of unbranched alkanes of at least 4 members (excludes halogenated alkanes) is 1. The summed E-state index contributed by atoms with van der Waals surface area (Å²) in [5.41, 5.74) is 1.38. The minimum Gasteiger partial charge on any atom is -0.352 e. The zero-order chi connectivity index (χ0) is 18.2. The average Bonchev–Trinajstić information content (AvgIpc) is 2.61. The first kappa shape index (κ1) is 19.5. The van der Waals surface area contributed by atoms with E-state index in [1.165, 1.54) is 0 Å².